The van der Waals surface area contributed by atoms with Crippen molar-refractivity contribution in [2.45, 2.75) is 51.7 Å². The number of methoxy groups -OCH3 is 1. The Hall–Kier alpha value is -3.26. The summed E-state index contributed by atoms with van der Waals surface area (Å²) in [5.74, 6) is -0.478. The number of nitrogens with zero attached hydrogens (tertiary/aromatic N) is 1. The summed E-state index contributed by atoms with van der Waals surface area (Å²) in [6.45, 7) is 6.64. The molecule has 2 amide bonds. The number of amides is 2. The van der Waals surface area contributed by atoms with Gasteiger partial charge in [0, 0.05) is 24.8 Å². The number of halogens is 1. The first-order valence-electron chi connectivity index (χ1n) is 11.4. The molecule has 3 rings (SSSR count). The molecule has 0 aliphatic carbocycles. The van der Waals surface area contributed by atoms with Gasteiger partial charge in [-0.3, -0.25) is 19.9 Å². The topological polar surface area (TPSA) is 94.5 Å². The van der Waals surface area contributed by atoms with E-state index in [9.17, 15) is 14.0 Å². The average molecular weight is 469 g/mol. The van der Waals surface area contributed by atoms with Gasteiger partial charge in [0.05, 0.1) is 19.0 Å². The van der Waals surface area contributed by atoms with Crippen LogP contribution < -0.4 is 10.6 Å². The van der Waals surface area contributed by atoms with Crippen molar-refractivity contribution in [3.63, 3.8) is 0 Å². The highest BCUT2D eigenvalue weighted by molar-refractivity contribution is 5.99. The van der Waals surface area contributed by atoms with Crippen molar-refractivity contribution < 1.29 is 18.7 Å². The molecule has 1 fully saturated rings. The van der Waals surface area contributed by atoms with E-state index in [0.717, 1.165) is 11.1 Å². The maximum Gasteiger partial charge on any atom is 0.251 e. The van der Waals surface area contributed by atoms with Crippen LogP contribution in [0, 0.1) is 17.1 Å². The average Bonchev–Trinajstić information content (AvgIpc) is 2.79. The molecule has 3 N–H and O–H groups in total. The van der Waals surface area contributed by atoms with E-state index in [1.807, 2.05) is 26.8 Å². The highest BCUT2D eigenvalue weighted by Crippen LogP contribution is 2.26. The van der Waals surface area contributed by atoms with Crippen LogP contribution in [0.4, 0.5) is 4.39 Å². The molecule has 2 aromatic carbocycles. The van der Waals surface area contributed by atoms with Crippen molar-refractivity contribution in [1.82, 2.24) is 15.5 Å². The fourth-order valence-electron chi connectivity index (χ4n) is 3.92. The summed E-state index contributed by atoms with van der Waals surface area (Å²) >= 11 is 0. The monoisotopic (exact) mass is 468 g/mol. The molecule has 0 bridgehead atoms. The molecule has 7 nitrogen and oxygen atoms in total. The Morgan fingerprint density at radius 2 is 1.97 bits per heavy atom. The Morgan fingerprint density at radius 3 is 2.59 bits per heavy atom. The standard InChI is InChI=1S/C26H33FN4O3/c1-17(2)26(3)15-23(32)31(25(28)30-26)16-18-6-5-7-20(14-18)24(33)29-22(12-13-34-4)19-8-10-21(27)11-9-19/h5-11,14,17,22H,12-13,15-16H2,1-4H3,(H2,28,30)(H,29,33)/t22-,26-/m0/s1. The van der Waals surface area contributed by atoms with Crippen LogP contribution in [0.1, 0.15) is 61.1 Å². The van der Waals surface area contributed by atoms with Gasteiger partial charge in [-0.1, -0.05) is 38.1 Å². The second-order valence-electron chi connectivity index (χ2n) is 9.26. The predicted molar refractivity (Wildman–Crippen MR) is 129 cm³/mol. The van der Waals surface area contributed by atoms with Gasteiger partial charge < -0.3 is 15.4 Å². The minimum atomic E-state index is -0.454. The zero-order valence-electron chi connectivity index (χ0n) is 20.2. The van der Waals surface area contributed by atoms with Gasteiger partial charge in [-0.25, -0.2) is 4.39 Å². The Morgan fingerprint density at radius 1 is 1.26 bits per heavy atom. The molecule has 0 spiro atoms. The number of rotatable bonds is 9. The molecule has 2 atom stereocenters. The molecule has 182 valence electrons. The summed E-state index contributed by atoms with van der Waals surface area (Å²) in [5.41, 5.74) is 1.52. The van der Waals surface area contributed by atoms with Crippen LogP contribution in [0.5, 0.6) is 0 Å². The lowest BCUT2D eigenvalue weighted by Gasteiger charge is -2.43. The lowest BCUT2D eigenvalue weighted by Crippen LogP contribution is -2.62. The molecule has 34 heavy (non-hydrogen) atoms. The van der Waals surface area contributed by atoms with Crippen LogP contribution in [0.2, 0.25) is 0 Å². The van der Waals surface area contributed by atoms with Crippen LogP contribution in [-0.4, -0.2) is 41.9 Å². The maximum atomic E-state index is 13.3. The first-order chi connectivity index (χ1) is 16.1. The molecule has 2 aromatic rings. The van der Waals surface area contributed by atoms with Crippen molar-refractivity contribution in [1.29, 1.82) is 5.41 Å². The van der Waals surface area contributed by atoms with Crippen molar-refractivity contribution in [2.75, 3.05) is 13.7 Å². The number of carbonyl (C=O) groups is 2. The summed E-state index contributed by atoms with van der Waals surface area (Å²) in [5, 5.41) is 14.5. The minimum Gasteiger partial charge on any atom is -0.385 e. The highest BCUT2D eigenvalue weighted by atomic mass is 19.1. The zero-order chi connectivity index (χ0) is 24.9. The number of benzene rings is 2. The van der Waals surface area contributed by atoms with Gasteiger partial charge >= 0.3 is 0 Å². The third-order valence-electron chi connectivity index (χ3n) is 6.49. The summed E-state index contributed by atoms with van der Waals surface area (Å²) in [7, 11) is 1.59. The SMILES string of the molecule is COCC[C@H](NC(=O)c1cccc(CN2C(=N)N[C@](C)(C(C)C)CC2=O)c1)c1ccc(F)cc1. The Labute approximate surface area is 200 Å². The molecule has 1 aliphatic heterocycles. The Bertz CT molecular complexity index is 1020. The smallest absolute Gasteiger partial charge is 0.251 e. The predicted octanol–water partition coefficient (Wildman–Crippen LogP) is 4.00. The van der Waals surface area contributed by atoms with E-state index < -0.39 is 5.54 Å². The second-order valence-corrected chi connectivity index (χ2v) is 9.26. The summed E-state index contributed by atoms with van der Waals surface area (Å²) < 4.78 is 18.5. The van der Waals surface area contributed by atoms with Gasteiger partial charge in [0.25, 0.3) is 5.91 Å². The quantitative estimate of drug-likeness (QED) is 0.518. The Kier molecular flexibility index (Phi) is 8.04. The van der Waals surface area contributed by atoms with Crippen molar-refractivity contribution >= 4 is 17.8 Å². The van der Waals surface area contributed by atoms with E-state index in [1.54, 1.807) is 37.4 Å². The van der Waals surface area contributed by atoms with Gasteiger partial charge in [-0.2, -0.15) is 0 Å². The number of hydrogen-bond donors (Lipinski definition) is 3. The first kappa shape index (κ1) is 25.4. The number of ether oxygens (including phenoxy) is 1. The molecule has 0 radical (unpaired) electrons. The lowest BCUT2D eigenvalue weighted by molar-refractivity contribution is -0.131. The fraction of sp³-hybridized carbons (Fsp3) is 0.423. The summed E-state index contributed by atoms with van der Waals surface area (Å²) in [4.78, 5) is 27.2. The van der Waals surface area contributed by atoms with E-state index in [4.69, 9.17) is 10.1 Å². The third-order valence-corrected chi connectivity index (χ3v) is 6.49. The maximum absolute atomic E-state index is 13.3. The molecule has 1 aliphatic rings. The number of carbonyl (C=O) groups excluding carboxylic acids is 2. The molecule has 0 saturated carbocycles. The zero-order valence-corrected chi connectivity index (χ0v) is 20.2. The number of hydrogen-bond acceptors (Lipinski definition) is 4. The first-order valence-corrected chi connectivity index (χ1v) is 11.4. The van der Waals surface area contributed by atoms with Gasteiger partial charge in [0.2, 0.25) is 5.91 Å². The van der Waals surface area contributed by atoms with Gasteiger partial charge in [-0.05, 0) is 54.7 Å². The molecular weight excluding hydrogens is 435 g/mol. The largest absolute Gasteiger partial charge is 0.385 e. The van der Waals surface area contributed by atoms with Gasteiger partial charge in [0.1, 0.15) is 5.82 Å². The van der Waals surface area contributed by atoms with E-state index in [-0.39, 0.29) is 42.1 Å². The van der Waals surface area contributed by atoms with Gasteiger partial charge in [-0.15, -0.1) is 0 Å². The van der Waals surface area contributed by atoms with Crippen LogP contribution in [0.3, 0.4) is 0 Å². The van der Waals surface area contributed by atoms with Crippen LogP contribution in [0.25, 0.3) is 0 Å². The molecule has 0 aromatic heterocycles. The minimum absolute atomic E-state index is 0.0678. The van der Waals surface area contributed by atoms with Gasteiger partial charge in [0.15, 0.2) is 5.96 Å². The summed E-state index contributed by atoms with van der Waals surface area (Å²) in [6, 6.07) is 12.7. The third kappa shape index (κ3) is 5.99. The lowest BCUT2D eigenvalue weighted by atomic mass is 9.83. The Balaban J connectivity index is 1.72. The molecular formula is C26H33FN4O3. The van der Waals surface area contributed by atoms with Crippen LogP contribution in [-0.2, 0) is 16.1 Å². The molecule has 0 unspecified atom stereocenters. The van der Waals surface area contributed by atoms with Crippen molar-refractivity contribution in [3.05, 3.63) is 71.0 Å². The van der Waals surface area contributed by atoms with E-state index in [2.05, 4.69) is 10.6 Å². The summed E-state index contributed by atoms with van der Waals surface area (Å²) in [6.07, 6.45) is 0.833. The normalized spacial score (nSPS) is 19.2. The molecule has 8 heteroatoms. The number of nitrogens with one attached hydrogen (secondary N) is 3. The van der Waals surface area contributed by atoms with Crippen LogP contribution in [0.15, 0.2) is 48.5 Å². The highest BCUT2D eigenvalue weighted by Gasteiger charge is 2.40. The van der Waals surface area contributed by atoms with Crippen molar-refractivity contribution in [3.8, 4) is 0 Å². The molecule has 1 saturated heterocycles. The second kappa shape index (κ2) is 10.8. The van der Waals surface area contributed by atoms with E-state index in [1.165, 1.54) is 17.0 Å². The fourth-order valence-corrected chi connectivity index (χ4v) is 3.92. The van der Waals surface area contributed by atoms with E-state index in [0.29, 0.717) is 25.0 Å². The number of guanidine groups is 1. The van der Waals surface area contributed by atoms with Crippen LogP contribution >= 0.6 is 0 Å². The van der Waals surface area contributed by atoms with E-state index >= 15 is 0 Å². The van der Waals surface area contributed by atoms with Crippen molar-refractivity contribution in [2.24, 2.45) is 5.92 Å². The molecule has 1 heterocycles.